The van der Waals surface area contributed by atoms with Gasteiger partial charge in [-0.3, -0.25) is 10.1 Å². The number of aliphatic hydroxyl groups excluding tert-OH is 1. The predicted octanol–water partition coefficient (Wildman–Crippen LogP) is 2.13. The van der Waals surface area contributed by atoms with Gasteiger partial charge in [0.05, 0.1) is 12.6 Å². The molecule has 0 heterocycles. The first-order valence-corrected chi connectivity index (χ1v) is 7.00. The molecule has 0 aliphatic heterocycles. The van der Waals surface area contributed by atoms with Crippen molar-refractivity contribution in [3.05, 3.63) is 35.4 Å². The second-order valence-electron chi connectivity index (χ2n) is 6.25. The summed E-state index contributed by atoms with van der Waals surface area (Å²) in [6, 6.07) is 7.51. The number of carbonyl (C=O) groups excluding carboxylic acids is 1. The van der Waals surface area contributed by atoms with Crippen LogP contribution in [0.3, 0.4) is 0 Å². The van der Waals surface area contributed by atoms with E-state index in [1.165, 1.54) is 0 Å². The van der Waals surface area contributed by atoms with Gasteiger partial charge in [0.25, 0.3) is 0 Å². The van der Waals surface area contributed by atoms with Crippen LogP contribution in [0, 0.1) is 0 Å². The van der Waals surface area contributed by atoms with Crippen molar-refractivity contribution in [2.45, 2.75) is 58.8 Å². The maximum Gasteiger partial charge on any atom is 0.237 e. The molecule has 0 bridgehead atoms. The van der Waals surface area contributed by atoms with Crippen LogP contribution in [0.15, 0.2) is 24.3 Å². The van der Waals surface area contributed by atoms with E-state index in [2.05, 4.69) is 10.6 Å². The molecule has 0 spiro atoms. The Morgan fingerprint density at radius 2 is 1.95 bits per heavy atom. The van der Waals surface area contributed by atoms with Gasteiger partial charge in [-0.25, -0.2) is 0 Å². The van der Waals surface area contributed by atoms with E-state index in [9.17, 15) is 4.79 Å². The summed E-state index contributed by atoms with van der Waals surface area (Å²) in [6.45, 7) is 9.79. The first-order chi connectivity index (χ1) is 9.23. The molecule has 4 nitrogen and oxygen atoms in total. The minimum absolute atomic E-state index is 0.0114. The average molecular weight is 278 g/mol. The smallest absolute Gasteiger partial charge is 0.237 e. The van der Waals surface area contributed by atoms with Crippen LogP contribution in [0.2, 0.25) is 0 Å². The van der Waals surface area contributed by atoms with Crippen molar-refractivity contribution in [1.82, 2.24) is 10.6 Å². The Labute approximate surface area is 121 Å². The van der Waals surface area contributed by atoms with E-state index < -0.39 is 0 Å². The molecule has 4 heteroatoms. The minimum atomic E-state index is -0.276. The fourth-order valence-electron chi connectivity index (χ4n) is 1.99. The summed E-state index contributed by atoms with van der Waals surface area (Å²) in [6.07, 6.45) is 0. The van der Waals surface area contributed by atoms with Crippen LogP contribution in [0.1, 0.15) is 51.8 Å². The molecule has 0 saturated carbocycles. The van der Waals surface area contributed by atoms with Crippen LogP contribution in [0.5, 0.6) is 0 Å². The predicted molar refractivity (Wildman–Crippen MR) is 81.3 cm³/mol. The molecule has 2 atom stereocenters. The Morgan fingerprint density at radius 1 is 1.30 bits per heavy atom. The summed E-state index contributed by atoms with van der Waals surface area (Å²) >= 11 is 0. The molecular formula is C16H26N2O2. The highest BCUT2D eigenvalue weighted by Crippen LogP contribution is 2.15. The molecule has 1 aromatic carbocycles. The monoisotopic (exact) mass is 278 g/mol. The lowest BCUT2D eigenvalue weighted by molar-refractivity contribution is -0.124. The van der Waals surface area contributed by atoms with Gasteiger partial charge in [-0.05, 0) is 45.7 Å². The third-order valence-corrected chi connectivity index (χ3v) is 3.03. The molecule has 0 fully saturated rings. The molecule has 3 N–H and O–H groups in total. The summed E-state index contributed by atoms with van der Waals surface area (Å²) in [5.74, 6) is -0.0114. The maximum atomic E-state index is 12.0. The Balaban J connectivity index is 2.65. The number of aliphatic hydroxyl groups is 1. The van der Waals surface area contributed by atoms with Crippen molar-refractivity contribution < 1.29 is 9.90 Å². The normalized spacial score (nSPS) is 14.7. The van der Waals surface area contributed by atoms with Gasteiger partial charge < -0.3 is 10.4 Å². The van der Waals surface area contributed by atoms with E-state index in [1.54, 1.807) is 0 Å². The topological polar surface area (TPSA) is 61.4 Å². The average Bonchev–Trinajstić information content (AvgIpc) is 2.36. The summed E-state index contributed by atoms with van der Waals surface area (Å²) in [4.78, 5) is 12.0. The van der Waals surface area contributed by atoms with E-state index in [-0.39, 0.29) is 30.1 Å². The number of hydrogen-bond donors (Lipinski definition) is 3. The van der Waals surface area contributed by atoms with Crippen LogP contribution >= 0.6 is 0 Å². The number of benzene rings is 1. The van der Waals surface area contributed by atoms with Gasteiger partial charge >= 0.3 is 0 Å². The highest BCUT2D eigenvalue weighted by molar-refractivity contribution is 5.81. The van der Waals surface area contributed by atoms with Crippen molar-refractivity contribution in [1.29, 1.82) is 0 Å². The Kier molecular flexibility index (Phi) is 5.72. The van der Waals surface area contributed by atoms with Gasteiger partial charge in [0, 0.05) is 11.6 Å². The van der Waals surface area contributed by atoms with Gasteiger partial charge in [-0.1, -0.05) is 24.3 Å². The molecule has 0 aliphatic rings. The highest BCUT2D eigenvalue weighted by atomic mass is 16.3. The van der Waals surface area contributed by atoms with Gasteiger partial charge in [-0.2, -0.15) is 0 Å². The van der Waals surface area contributed by atoms with E-state index in [4.69, 9.17) is 5.11 Å². The lowest BCUT2D eigenvalue weighted by Crippen LogP contribution is -2.49. The number of amides is 1. The number of rotatable bonds is 5. The highest BCUT2D eigenvalue weighted by Gasteiger charge is 2.20. The van der Waals surface area contributed by atoms with Gasteiger partial charge in [0.1, 0.15) is 0 Å². The molecule has 0 saturated heterocycles. The van der Waals surface area contributed by atoms with E-state index in [0.29, 0.717) is 0 Å². The standard InChI is InChI=1S/C16H26N2O2/c1-11(14-8-6-7-13(9-14)10-19)17-12(2)15(20)18-16(3,4)5/h6-9,11-12,17,19H,10H2,1-5H3,(H,18,20). The second-order valence-corrected chi connectivity index (χ2v) is 6.25. The van der Waals surface area contributed by atoms with Gasteiger partial charge in [0.15, 0.2) is 0 Å². The van der Waals surface area contributed by atoms with E-state index in [0.717, 1.165) is 11.1 Å². The van der Waals surface area contributed by atoms with Crippen LogP contribution in [-0.2, 0) is 11.4 Å². The van der Waals surface area contributed by atoms with E-state index in [1.807, 2.05) is 58.9 Å². The molecule has 2 unspecified atom stereocenters. The molecule has 0 aliphatic carbocycles. The molecule has 20 heavy (non-hydrogen) atoms. The molecule has 112 valence electrons. The first-order valence-electron chi connectivity index (χ1n) is 7.00. The Hall–Kier alpha value is -1.39. The van der Waals surface area contributed by atoms with Crippen molar-refractivity contribution in [3.63, 3.8) is 0 Å². The van der Waals surface area contributed by atoms with Crippen molar-refractivity contribution in [2.75, 3.05) is 0 Å². The van der Waals surface area contributed by atoms with Crippen molar-refractivity contribution in [2.24, 2.45) is 0 Å². The number of carbonyl (C=O) groups is 1. The lowest BCUT2D eigenvalue weighted by atomic mass is 10.0. The molecule has 0 aromatic heterocycles. The molecule has 1 amide bonds. The molecule has 1 rings (SSSR count). The van der Waals surface area contributed by atoms with Crippen LogP contribution < -0.4 is 10.6 Å². The fraction of sp³-hybridized carbons (Fsp3) is 0.562. The number of hydrogen-bond acceptors (Lipinski definition) is 3. The SMILES string of the molecule is CC(NC(C)c1cccc(CO)c1)C(=O)NC(C)(C)C. The first kappa shape index (κ1) is 16.7. The Morgan fingerprint density at radius 3 is 2.50 bits per heavy atom. The third kappa shape index (κ3) is 5.31. The van der Waals surface area contributed by atoms with Crippen LogP contribution in [-0.4, -0.2) is 22.6 Å². The Bertz CT molecular complexity index is 452. The van der Waals surface area contributed by atoms with Crippen LogP contribution in [0.4, 0.5) is 0 Å². The molecular weight excluding hydrogens is 252 g/mol. The fourth-order valence-corrected chi connectivity index (χ4v) is 1.99. The second kappa shape index (κ2) is 6.86. The summed E-state index contributed by atoms with van der Waals surface area (Å²) < 4.78 is 0. The third-order valence-electron chi connectivity index (χ3n) is 3.03. The minimum Gasteiger partial charge on any atom is -0.392 e. The summed E-state index contributed by atoms with van der Waals surface area (Å²) in [7, 11) is 0. The van der Waals surface area contributed by atoms with E-state index >= 15 is 0 Å². The lowest BCUT2D eigenvalue weighted by Gasteiger charge is -2.25. The quantitative estimate of drug-likeness (QED) is 0.773. The maximum absolute atomic E-state index is 12.0. The van der Waals surface area contributed by atoms with Crippen molar-refractivity contribution >= 4 is 5.91 Å². The largest absolute Gasteiger partial charge is 0.392 e. The zero-order valence-electron chi connectivity index (χ0n) is 13.0. The van der Waals surface area contributed by atoms with Gasteiger partial charge in [-0.15, -0.1) is 0 Å². The van der Waals surface area contributed by atoms with Crippen molar-refractivity contribution in [3.8, 4) is 0 Å². The summed E-state index contributed by atoms with van der Waals surface area (Å²) in [5.41, 5.74) is 1.71. The zero-order valence-corrected chi connectivity index (χ0v) is 13.0. The van der Waals surface area contributed by atoms with Gasteiger partial charge in [0.2, 0.25) is 5.91 Å². The van der Waals surface area contributed by atoms with Crippen LogP contribution in [0.25, 0.3) is 0 Å². The molecule has 1 aromatic rings. The summed E-state index contributed by atoms with van der Waals surface area (Å²) in [5, 5.41) is 15.4. The number of nitrogens with one attached hydrogen (secondary N) is 2. The molecule has 0 radical (unpaired) electrons. The zero-order chi connectivity index (χ0) is 15.3.